The molecule has 40 heavy (non-hydrogen) atoms. The Balaban J connectivity index is 1.88. The summed E-state index contributed by atoms with van der Waals surface area (Å²) in [7, 11) is 2.81. The second-order valence-corrected chi connectivity index (χ2v) is 10.2. The van der Waals surface area contributed by atoms with E-state index in [-0.39, 0.29) is 22.3 Å². The molecule has 0 aromatic heterocycles. The molecule has 10 nitrogen and oxygen atoms in total. The molecule has 0 spiro atoms. The lowest BCUT2D eigenvalue weighted by molar-refractivity contribution is -0.159. The van der Waals surface area contributed by atoms with Gasteiger partial charge in [-0.25, -0.2) is 8.78 Å². The van der Waals surface area contributed by atoms with E-state index in [0.717, 1.165) is 12.1 Å². The average molecular weight is 555 g/mol. The average Bonchev–Trinajstić information content (AvgIpc) is 2.86. The van der Waals surface area contributed by atoms with Crippen LogP contribution in [0.25, 0.3) is 11.6 Å². The monoisotopic (exact) mass is 554 g/mol. The summed E-state index contributed by atoms with van der Waals surface area (Å²) >= 11 is 0. The van der Waals surface area contributed by atoms with E-state index in [1.165, 1.54) is 43.3 Å². The van der Waals surface area contributed by atoms with Crippen molar-refractivity contribution < 1.29 is 48.7 Å². The summed E-state index contributed by atoms with van der Waals surface area (Å²) in [5.41, 5.74) is -0.0143. The van der Waals surface area contributed by atoms with Crippen LogP contribution in [0, 0.1) is 23.5 Å². The lowest BCUT2D eigenvalue weighted by atomic mass is 9.56. The van der Waals surface area contributed by atoms with E-state index in [1.54, 1.807) is 0 Å². The van der Waals surface area contributed by atoms with Gasteiger partial charge in [0.05, 0.1) is 29.2 Å². The van der Waals surface area contributed by atoms with Crippen LogP contribution in [0.3, 0.4) is 0 Å². The highest BCUT2D eigenvalue weighted by molar-refractivity contribution is 6.25. The number of carbonyl (C=O) groups excluding carboxylic acids is 3. The fourth-order valence-corrected chi connectivity index (χ4v) is 6.10. The first kappa shape index (κ1) is 27.2. The van der Waals surface area contributed by atoms with Crippen molar-refractivity contribution in [2.75, 3.05) is 14.1 Å². The van der Waals surface area contributed by atoms with Crippen LogP contribution in [-0.4, -0.2) is 79.7 Å². The fourth-order valence-electron chi connectivity index (χ4n) is 6.10. The highest BCUT2D eigenvalue weighted by atomic mass is 19.1. The number of halogens is 2. The summed E-state index contributed by atoms with van der Waals surface area (Å²) in [6.45, 7) is 0. The number of hydrogen-bond donors (Lipinski definition) is 6. The minimum atomic E-state index is -3.10. The van der Waals surface area contributed by atoms with Gasteiger partial charge in [-0.05, 0) is 49.5 Å². The Morgan fingerprint density at radius 2 is 1.77 bits per heavy atom. The molecule has 7 N–H and O–H groups in total. The van der Waals surface area contributed by atoms with Gasteiger partial charge in [-0.2, -0.15) is 0 Å². The molecule has 0 unspecified atom stereocenters. The largest absolute Gasteiger partial charge is 0.510 e. The summed E-state index contributed by atoms with van der Waals surface area (Å²) in [6, 6.07) is 5.19. The van der Waals surface area contributed by atoms with Gasteiger partial charge < -0.3 is 31.3 Å². The highest BCUT2D eigenvalue weighted by Gasteiger charge is 2.67. The number of primary amides is 1. The normalized spacial score (nSPS) is 29.0. The van der Waals surface area contributed by atoms with Gasteiger partial charge >= 0.3 is 0 Å². The topological polar surface area (TPSA) is 182 Å². The number of nitrogens with two attached hydrogens (primary N) is 1. The summed E-state index contributed by atoms with van der Waals surface area (Å²) in [5, 5.41) is 56.5. The number of nitrogens with zero attached hydrogens (tertiary/aromatic N) is 1. The maximum absolute atomic E-state index is 14.8. The number of fused-ring (bicyclic) bond motifs is 3. The first-order valence-corrected chi connectivity index (χ1v) is 12.0. The van der Waals surface area contributed by atoms with E-state index in [4.69, 9.17) is 5.73 Å². The number of aliphatic hydroxyl groups excluding tert-OH is 3. The van der Waals surface area contributed by atoms with Crippen LogP contribution in [0.15, 0.2) is 59.1 Å². The molecule has 0 saturated heterocycles. The van der Waals surface area contributed by atoms with Gasteiger partial charge in [-0.15, -0.1) is 0 Å². The van der Waals surface area contributed by atoms with Gasteiger partial charge in [0.15, 0.2) is 11.4 Å². The SMILES string of the molecule is CN(C)[C@@H]1C(O)=C(C(N)=O)C(=O)[C@@]2(O)C(O)=C3C(=O)c4c(O)cccc4/C(=C\c4ccc(F)cc4F)[C@H]3[C@H](O)[C@H]12. The van der Waals surface area contributed by atoms with Crippen LogP contribution in [-0.2, 0) is 9.59 Å². The van der Waals surface area contributed by atoms with Crippen LogP contribution >= 0.6 is 0 Å². The molecule has 5 atom stereocenters. The third-order valence-corrected chi connectivity index (χ3v) is 7.81. The zero-order valence-electron chi connectivity index (χ0n) is 21.1. The van der Waals surface area contributed by atoms with Crippen molar-refractivity contribution in [2.24, 2.45) is 17.6 Å². The number of phenolic OH excluding ortho intramolecular Hbond substituents is 1. The molecule has 2 aromatic rings. The van der Waals surface area contributed by atoms with Crippen molar-refractivity contribution >= 4 is 29.1 Å². The van der Waals surface area contributed by atoms with Gasteiger partial charge in [0.25, 0.3) is 5.91 Å². The van der Waals surface area contributed by atoms with Gasteiger partial charge in [0.1, 0.15) is 34.5 Å². The molecule has 5 rings (SSSR count). The van der Waals surface area contributed by atoms with Crippen molar-refractivity contribution in [3.8, 4) is 5.75 Å². The van der Waals surface area contributed by atoms with Crippen molar-refractivity contribution in [3.63, 3.8) is 0 Å². The number of aromatic hydroxyl groups is 1. The van der Waals surface area contributed by atoms with E-state index in [2.05, 4.69) is 0 Å². The number of hydrogen-bond acceptors (Lipinski definition) is 9. The van der Waals surface area contributed by atoms with Crippen LogP contribution in [0.2, 0.25) is 0 Å². The number of Topliss-reactive ketones (excluding diaryl/α,β-unsaturated/α-hetero) is 2. The van der Waals surface area contributed by atoms with E-state index in [1.807, 2.05) is 0 Å². The van der Waals surface area contributed by atoms with Gasteiger partial charge in [0, 0.05) is 17.5 Å². The Hall–Kier alpha value is -4.39. The quantitative estimate of drug-likeness (QED) is 0.305. The summed E-state index contributed by atoms with van der Waals surface area (Å²) in [5.74, 6) is -11.8. The predicted octanol–water partition coefficient (Wildman–Crippen LogP) is 1.37. The maximum Gasteiger partial charge on any atom is 0.255 e. The second kappa shape index (κ2) is 9.08. The second-order valence-electron chi connectivity index (χ2n) is 10.2. The molecule has 3 aliphatic rings. The molecule has 0 radical (unpaired) electrons. The molecule has 3 aliphatic carbocycles. The molecule has 1 amide bonds. The van der Waals surface area contributed by atoms with E-state index < -0.39 is 87.1 Å². The number of aliphatic hydroxyl groups is 4. The number of ketones is 2. The molecule has 2 aromatic carbocycles. The van der Waals surface area contributed by atoms with Crippen molar-refractivity contribution in [1.82, 2.24) is 4.90 Å². The zero-order chi connectivity index (χ0) is 29.4. The third kappa shape index (κ3) is 3.53. The smallest absolute Gasteiger partial charge is 0.255 e. The molecular weight excluding hydrogens is 530 g/mol. The van der Waals surface area contributed by atoms with Crippen molar-refractivity contribution in [2.45, 2.75) is 17.7 Å². The molecule has 0 heterocycles. The van der Waals surface area contributed by atoms with Gasteiger partial charge in [-0.3, -0.25) is 19.3 Å². The van der Waals surface area contributed by atoms with Gasteiger partial charge in [0.2, 0.25) is 5.78 Å². The Morgan fingerprint density at radius 1 is 1.10 bits per heavy atom. The predicted molar refractivity (Wildman–Crippen MR) is 136 cm³/mol. The number of likely N-dealkylation sites (N-methyl/N-ethyl adjacent to an activating group) is 1. The van der Waals surface area contributed by atoms with E-state index >= 15 is 0 Å². The Kier molecular flexibility index (Phi) is 6.17. The molecule has 0 bridgehead atoms. The molecule has 12 heteroatoms. The summed E-state index contributed by atoms with van der Waals surface area (Å²) in [4.78, 5) is 40.6. The molecule has 0 fully saturated rings. The van der Waals surface area contributed by atoms with E-state index in [9.17, 15) is 48.7 Å². The van der Waals surface area contributed by atoms with Crippen molar-refractivity contribution in [1.29, 1.82) is 0 Å². The Morgan fingerprint density at radius 3 is 2.38 bits per heavy atom. The van der Waals surface area contributed by atoms with Crippen molar-refractivity contribution in [3.05, 3.63) is 87.4 Å². The van der Waals surface area contributed by atoms with Crippen LogP contribution in [0.4, 0.5) is 8.78 Å². The minimum absolute atomic E-state index is 0.0127. The lowest BCUT2D eigenvalue weighted by Gasteiger charge is -2.52. The third-order valence-electron chi connectivity index (χ3n) is 7.81. The Bertz CT molecular complexity index is 1610. The number of amides is 1. The number of benzene rings is 2. The lowest BCUT2D eigenvalue weighted by Crippen LogP contribution is -2.68. The summed E-state index contributed by atoms with van der Waals surface area (Å²) in [6.07, 6.45) is -0.733. The zero-order valence-corrected chi connectivity index (χ0v) is 21.1. The van der Waals surface area contributed by atoms with Crippen LogP contribution in [0.1, 0.15) is 21.5 Å². The van der Waals surface area contributed by atoms with Gasteiger partial charge in [-0.1, -0.05) is 12.1 Å². The first-order valence-electron chi connectivity index (χ1n) is 12.0. The molecule has 0 aliphatic heterocycles. The van der Waals surface area contributed by atoms with Crippen LogP contribution < -0.4 is 5.73 Å². The summed E-state index contributed by atoms with van der Waals surface area (Å²) < 4.78 is 28.4. The molecule has 208 valence electrons. The minimum Gasteiger partial charge on any atom is -0.510 e. The van der Waals surface area contributed by atoms with Crippen LogP contribution in [0.5, 0.6) is 5.75 Å². The Labute approximate surface area is 225 Å². The molecular formula is C28H24F2N2O8. The number of carbonyl (C=O) groups is 3. The number of rotatable bonds is 3. The van der Waals surface area contributed by atoms with E-state index in [0.29, 0.717) is 6.07 Å². The fraction of sp³-hybridized carbons (Fsp3) is 0.250. The maximum atomic E-state index is 14.8. The standard InChI is InChI=1S/C28H24F2N2O8/c1-32(2)21-20-23(35)17-13(8-10-6-7-11(29)9-14(10)30)12-4-3-5-15(33)16(12)22(34)18(17)25(37)28(20,40)26(38)19(24(21)36)27(31)39/h3-9,17,20-21,23,33,35-37,40H,1-2H3,(H2,31,39)/b13-8+/t17-,20+,21+,23+,28+/m1/s1. The highest BCUT2D eigenvalue weighted by Crippen LogP contribution is 2.55. The first-order chi connectivity index (χ1) is 18.7. The molecule has 0 saturated carbocycles. The number of phenols is 1.